The molecule has 1 aromatic rings. The van der Waals surface area contributed by atoms with Crippen molar-refractivity contribution >= 4 is 29.3 Å². The molecule has 1 aromatic carbocycles. The Morgan fingerprint density at radius 3 is 2.75 bits per heavy atom. The first-order valence-corrected chi connectivity index (χ1v) is 7.94. The van der Waals surface area contributed by atoms with Gasteiger partial charge in [0.1, 0.15) is 23.8 Å². The zero-order valence-corrected chi connectivity index (χ0v) is 13.0. The minimum absolute atomic E-state index is 0.0515. The molecule has 3 rings (SSSR count). The van der Waals surface area contributed by atoms with Gasteiger partial charge in [0.25, 0.3) is 5.69 Å². The molecule has 0 spiro atoms. The maximum absolute atomic E-state index is 14.0. The molecule has 24 heavy (non-hydrogen) atoms. The fraction of sp³-hybridized carbons (Fsp3) is 0.286. The Labute approximate surface area is 139 Å². The minimum atomic E-state index is -0.962. The molecule has 2 heterocycles. The molecule has 1 fully saturated rings. The molecule has 1 saturated heterocycles. The third-order valence-electron chi connectivity index (χ3n) is 3.67. The monoisotopic (exact) mass is 353 g/mol. The van der Waals surface area contributed by atoms with Crippen molar-refractivity contribution in [2.24, 2.45) is 5.73 Å². The summed E-state index contributed by atoms with van der Waals surface area (Å²) in [6, 6.07) is 4.66. The number of halogens is 1. The van der Waals surface area contributed by atoms with Gasteiger partial charge in [0.15, 0.2) is 5.70 Å². The summed E-state index contributed by atoms with van der Waals surface area (Å²) in [5.41, 5.74) is 5.63. The van der Waals surface area contributed by atoms with Gasteiger partial charge in [-0.05, 0) is 17.7 Å². The van der Waals surface area contributed by atoms with Crippen LogP contribution in [0.4, 0.5) is 10.1 Å². The normalized spacial score (nSPS) is 22.8. The van der Waals surface area contributed by atoms with Crippen LogP contribution in [0.5, 0.6) is 0 Å². The number of rotatable bonds is 4. The standard InChI is InChI=1S/C14H12FN3O5S/c15-9-6-24-13-10(16)12(19)17(13)11(9)14(20)23-5-7-1-3-8(4-2-7)18(21)22/h1-4,10,13H,5-6,16H2/t10?,13-/m0/s1. The fourth-order valence-electron chi connectivity index (χ4n) is 2.40. The summed E-state index contributed by atoms with van der Waals surface area (Å²) >= 11 is 1.15. The molecule has 8 nitrogen and oxygen atoms in total. The lowest BCUT2D eigenvalue weighted by molar-refractivity contribution is -0.384. The van der Waals surface area contributed by atoms with Gasteiger partial charge >= 0.3 is 5.97 Å². The van der Waals surface area contributed by atoms with E-state index in [2.05, 4.69) is 0 Å². The first kappa shape index (κ1) is 16.4. The van der Waals surface area contributed by atoms with Crippen molar-refractivity contribution < 1.29 is 23.6 Å². The summed E-state index contributed by atoms with van der Waals surface area (Å²) in [6.45, 7) is -0.195. The van der Waals surface area contributed by atoms with E-state index in [1.165, 1.54) is 24.3 Å². The van der Waals surface area contributed by atoms with Crippen LogP contribution in [0.3, 0.4) is 0 Å². The van der Waals surface area contributed by atoms with E-state index < -0.39 is 39.7 Å². The van der Waals surface area contributed by atoms with Crippen LogP contribution in [0, 0.1) is 10.1 Å². The number of ether oxygens (including phenoxy) is 1. The molecule has 1 unspecified atom stereocenters. The smallest absolute Gasteiger partial charge is 0.358 e. The van der Waals surface area contributed by atoms with Crippen molar-refractivity contribution in [1.82, 2.24) is 4.90 Å². The number of fused-ring (bicyclic) bond motifs is 1. The largest absolute Gasteiger partial charge is 0.456 e. The summed E-state index contributed by atoms with van der Waals surface area (Å²) in [7, 11) is 0. The Morgan fingerprint density at radius 1 is 1.46 bits per heavy atom. The van der Waals surface area contributed by atoms with E-state index in [4.69, 9.17) is 10.5 Å². The molecule has 0 saturated carbocycles. The van der Waals surface area contributed by atoms with Crippen LogP contribution in [0.15, 0.2) is 35.8 Å². The first-order valence-electron chi connectivity index (χ1n) is 6.89. The molecule has 126 valence electrons. The van der Waals surface area contributed by atoms with Gasteiger partial charge in [-0.1, -0.05) is 0 Å². The number of hydrogen-bond donors (Lipinski definition) is 1. The third kappa shape index (κ3) is 2.74. The molecule has 0 radical (unpaired) electrons. The number of hydrogen-bond acceptors (Lipinski definition) is 7. The number of nitro benzene ring substituents is 1. The van der Waals surface area contributed by atoms with Gasteiger partial charge < -0.3 is 10.5 Å². The van der Waals surface area contributed by atoms with E-state index in [1.807, 2.05) is 0 Å². The topological polar surface area (TPSA) is 116 Å². The Morgan fingerprint density at radius 2 is 2.12 bits per heavy atom. The number of nitrogens with two attached hydrogens (primary N) is 1. The zero-order chi connectivity index (χ0) is 17.4. The van der Waals surface area contributed by atoms with Crippen LogP contribution < -0.4 is 5.73 Å². The lowest BCUT2D eigenvalue weighted by Gasteiger charge is -2.47. The number of nitrogens with zero attached hydrogens (tertiary/aromatic N) is 2. The number of carbonyl (C=O) groups is 2. The van der Waals surface area contributed by atoms with E-state index in [9.17, 15) is 24.1 Å². The fourth-order valence-corrected chi connectivity index (χ4v) is 3.54. The highest BCUT2D eigenvalue weighted by atomic mass is 32.2. The van der Waals surface area contributed by atoms with E-state index in [0.717, 1.165) is 16.7 Å². The van der Waals surface area contributed by atoms with Crippen LogP contribution in [0.2, 0.25) is 0 Å². The number of non-ortho nitro benzene ring substituents is 1. The molecular formula is C14H12FN3O5S. The molecular weight excluding hydrogens is 341 g/mol. The highest BCUT2D eigenvalue weighted by molar-refractivity contribution is 8.00. The summed E-state index contributed by atoms with van der Waals surface area (Å²) in [6.07, 6.45) is 0. The highest BCUT2D eigenvalue weighted by Gasteiger charge is 2.52. The van der Waals surface area contributed by atoms with Gasteiger partial charge in [-0.15, -0.1) is 11.8 Å². The van der Waals surface area contributed by atoms with Gasteiger partial charge in [0.2, 0.25) is 5.91 Å². The summed E-state index contributed by atoms with van der Waals surface area (Å²) in [5, 5.41) is 10.1. The Kier molecular flexibility index (Phi) is 4.24. The van der Waals surface area contributed by atoms with Gasteiger partial charge in [-0.2, -0.15) is 0 Å². The van der Waals surface area contributed by atoms with Crippen molar-refractivity contribution in [3.05, 3.63) is 51.5 Å². The summed E-state index contributed by atoms with van der Waals surface area (Å²) in [5.74, 6) is -2.27. The van der Waals surface area contributed by atoms with Crippen LogP contribution in [0.1, 0.15) is 5.56 Å². The average Bonchev–Trinajstić information content (AvgIpc) is 2.59. The van der Waals surface area contributed by atoms with Gasteiger partial charge in [-0.25, -0.2) is 9.18 Å². The number of benzene rings is 1. The molecule has 0 aromatic heterocycles. The van der Waals surface area contributed by atoms with E-state index in [1.54, 1.807) is 0 Å². The first-order chi connectivity index (χ1) is 11.4. The van der Waals surface area contributed by atoms with Gasteiger partial charge in [-0.3, -0.25) is 19.8 Å². The zero-order valence-electron chi connectivity index (χ0n) is 12.2. The van der Waals surface area contributed by atoms with E-state index in [0.29, 0.717) is 5.56 Å². The van der Waals surface area contributed by atoms with Crippen LogP contribution in [0.25, 0.3) is 0 Å². The summed E-state index contributed by atoms with van der Waals surface area (Å²) in [4.78, 5) is 34.9. The second-order valence-electron chi connectivity index (χ2n) is 5.19. The van der Waals surface area contributed by atoms with Crippen molar-refractivity contribution in [3.8, 4) is 0 Å². The summed E-state index contributed by atoms with van der Waals surface area (Å²) < 4.78 is 19.0. The number of carbonyl (C=O) groups excluding carboxylic acids is 2. The van der Waals surface area contributed by atoms with Crippen LogP contribution in [-0.2, 0) is 20.9 Å². The molecule has 2 atom stereocenters. The third-order valence-corrected chi connectivity index (χ3v) is 4.94. The molecule has 2 aliphatic rings. The number of nitro groups is 1. The molecule has 0 aliphatic carbocycles. The van der Waals surface area contributed by atoms with Crippen molar-refractivity contribution in [2.45, 2.75) is 18.0 Å². The van der Waals surface area contributed by atoms with Gasteiger partial charge in [0, 0.05) is 17.9 Å². The Hall–Kier alpha value is -2.46. The molecule has 0 bridgehead atoms. The second kappa shape index (κ2) is 6.21. The van der Waals surface area contributed by atoms with Gasteiger partial charge in [0.05, 0.1) is 4.92 Å². The average molecular weight is 353 g/mol. The lowest BCUT2D eigenvalue weighted by atomic mass is 10.1. The molecule has 2 N–H and O–H groups in total. The minimum Gasteiger partial charge on any atom is -0.456 e. The predicted octanol–water partition coefficient (Wildman–Crippen LogP) is 1.06. The van der Waals surface area contributed by atoms with Crippen molar-refractivity contribution in [3.63, 3.8) is 0 Å². The molecule has 2 aliphatic heterocycles. The van der Waals surface area contributed by atoms with E-state index >= 15 is 0 Å². The quantitative estimate of drug-likeness (QED) is 0.372. The molecule has 10 heteroatoms. The SMILES string of the molecule is NC1C(=O)N2C(C(=O)OCc3ccc([N+](=O)[O-])cc3)=C(F)CS[C@@H]12. The Bertz CT molecular complexity index is 751. The Balaban J connectivity index is 1.68. The van der Waals surface area contributed by atoms with Crippen LogP contribution in [-0.4, -0.2) is 38.9 Å². The van der Waals surface area contributed by atoms with Crippen molar-refractivity contribution in [1.29, 1.82) is 0 Å². The number of thioether (sulfide) groups is 1. The second-order valence-corrected chi connectivity index (χ2v) is 6.29. The number of amides is 1. The van der Waals surface area contributed by atoms with Crippen LogP contribution >= 0.6 is 11.8 Å². The maximum Gasteiger partial charge on any atom is 0.358 e. The number of esters is 1. The van der Waals surface area contributed by atoms with Crippen molar-refractivity contribution in [2.75, 3.05) is 5.75 Å². The maximum atomic E-state index is 14.0. The number of β-lactam (4-membered cyclic amide) rings is 1. The lowest BCUT2D eigenvalue weighted by Crippen LogP contribution is -2.68. The highest BCUT2D eigenvalue weighted by Crippen LogP contribution is 2.40. The molecule has 1 amide bonds. The van der Waals surface area contributed by atoms with E-state index in [-0.39, 0.29) is 18.0 Å². The predicted molar refractivity (Wildman–Crippen MR) is 82.1 cm³/mol.